The average molecular weight is 461 g/mol. The summed E-state index contributed by atoms with van der Waals surface area (Å²) in [4.78, 5) is 13.2. The minimum atomic E-state index is -0.0631. The van der Waals surface area contributed by atoms with Crippen molar-refractivity contribution in [2.75, 3.05) is 13.2 Å². The van der Waals surface area contributed by atoms with E-state index in [9.17, 15) is 4.79 Å². The second kappa shape index (κ2) is 9.85. The molecule has 0 amide bonds. The monoisotopic (exact) mass is 460 g/mol. The molecule has 0 atom stereocenters. The van der Waals surface area contributed by atoms with Crippen molar-refractivity contribution < 1.29 is 19.0 Å². The number of carbonyl (C=O) groups is 1. The smallest absolute Gasteiger partial charge is 0.161 e. The average Bonchev–Trinajstić information content (AvgIpc) is 2.83. The molecule has 0 aromatic heterocycles. The topological polar surface area (TPSA) is 44.8 Å². The summed E-state index contributed by atoms with van der Waals surface area (Å²) >= 11 is 0. The normalized spacial score (nSPS) is 27.2. The molecule has 2 aromatic carbocycles. The van der Waals surface area contributed by atoms with E-state index in [0.29, 0.717) is 25.6 Å². The Balaban J connectivity index is 1.18. The molecule has 4 aliphatic rings. The van der Waals surface area contributed by atoms with Crippen LogP contribution in [0.3, 0.4) is 0 Å². The highest BCUT2D eigenvalue weighted by Crippen LogP contribution is 2.60. The Morgan fingerprint density at radius 3 is 2.09 bits per heavy atom. The zero-order valence-corrected chi connectivity index (χ0v) is 20.4. The fourth-order valence-electron chi connectivity index (χ4n) is 6.79. The van der Waals surface area contributed by atoms with Crippen LogP contribution < -0.4 is 14.2 Å². The first-order chi connectivity index (χ1) is 16.6. The Labute approximate surface area is 203 Å². The first kappa shape index (κ1) is 23.0. The highest BCUT2D eigenvalue weighted by molar-refractivity contribution is 5.98. The van der Waals surface area contributed by atoms with E-state index in [4.69, 9.17) is 14.2 Å². The second-order valence-corrected chi connectivity index (χ2v) is 10.4. The van der Waals surface area contributed by atoms with Crippen molar-refractivity contribution in [1.82, 2.24) is 0 Å². The molecule has 4 aliphatic carbocycles. The highest BCUT2D eigenvalue weighted by atomic mass is 16.5. The number of allylic oxidation sites excluding steroid dienone is 1. The number of carbonyl (C=O) groups excluding carboxylic acids is 1. The van der Waals surface area contributed by atoms with E-state index >= 15 is 0 Å². The molecule has 180 valence electrons. The van der Waals surface area contributed by atoms with Gasteiger partial charge in [0, 0.05) is 5.41 Å². The molecule has 4 heteroatoms. The molecule has 0 spiro atoms. The van der Waals surface area contributed by atoms with Gasteiger partial charge < -0.3 is 14.2 Å². The number of ether oxygens (including phenoxy) is 3. The SMILES string of the molecule is CCOc1ccc(COc2ccc(/C=C/C(=O)C34CC5CC(CC(C5)C3)C4)cc2)cc1OCC. The van der Waals surface area contributed by atoms with Gasteiger partial charge in [0.1, 0.15) is 12.4 Å². The van der Waals surface area contributed by atoms with Gasteiger partial charge in [-0.25, -0.2) is 0 Å². The van der Waals surface area contributed by atoms with Crippen LogP contribution >= 0.6 is 0 Å². The van der Waals surface area contributed by atoms with Crippen LogP contribution in [0.25, 0.3) is 6.08 Å². The van der Waals surface area contributed by atoms with Gasteiger partial charge in [-0.05, 0) is 112 Å². The van der Waals surface area contributed by atoms with E-state index in [1.807, 2.05) is 68.5 Å². The van der Waals surface area contributed by atoms with Gasteiger partial charge >= 0.3 is 0 Å². The minimum Gasteiger partial charge on any atom is -0.490 e. The molecular formula is C30H36O4. The second-order valence-electron chi connectivity index (χ2n) is 10.4. The van der Waals surface area contributed by atoms with Crippen molar-refractivity contribution in [1.29, 1.82) is 0 Å². The van der Waals surface area contributed by atoms with Crippen LogP contribution in [0, 0.1) is 23.2 Å². The Morgan fingerprint density at radius 1 is 0.853 bits per heavy atom. The largest absolute Gasteiger partial charge is 0.490 e. The summed E-state index contributed by atoms with van der Waals surface area (Å²) in [6.45, 7) is 5.57. The first-order valence-corrected chi connectivity index (χ1v) is 12.9. The van der Waals surface area contributed by atoms with E-state index in [2.05, 4.69) is 0 Å². The van der Waals surface area contributed by atoms with Crippen molar-refractivity contribution in [3.05, 3.63) is 59.7 Å². The number of hydrogen-bond donors (Lipinski definition) is 0. The molecule has 0 saturated heterocycles. The molecule has 4 fully saturated rings. The van der Waals surface area contributed by atoms with Crippen molar-refractivity contribution >= 4 is 11.9 Å². The third-order valence-electron chi connectivity index (χ3n) is 7.88. The van der Waals surface area contributed by atoms with E-state index < -0.39 is 0 Å². The third kappa shape index (κ3) is 4.87. The molecule has 4 saturated carbocycles. The Bertz CT molecular complexity index is 1000. The summed E-state index contributed by atoms with van der Waals surface area (Å²) in [6.07, 6.45) is 11.3. The molecule has 6 rings (SSSR count). The van der Waals surface area contributed by atoms with Gasteiger partial charge in [-0.1, -0.05) is 24.3 Å². The lowest BCUT2D eigenvalue weighted by Crippen LogP contribution is -2.49. The van der Waals surface area contributed by atoms with E-state index in [1.165, 1.54) is 19.3 Å². The molecule has 34 heavy (non-hydrogen) atoms. The summed E-state index contributed by atoms with van der Waals surface area (Å²) in [6, 6.07) is 13.9. The van der Waals surface area contributed by atoms with Gasteiger partial charge in [0.2, 0.25) is 0 Å². The zero-order chi connectivity index (χ0) is 23.5. The van der Waals surface area contributed by atoms with E-state index in [0.717, 1.165) is 65.4 Å². The molecule has 0 aliphatic heterocycles. The van der Waals surface area contributed by atoms with Gasteiger partial charge in [-0.15, -0.1) is 0 Å². The maximum absolute atomic E-state index is 13.2. The molecule has 0 heterocycles. The summed E-state index contributed by atoms with van der Waals surface area (Å²) in [5.41, 5.74) is 1.99. The number of rotatable bonds is 10. The molecule has 0 unspecified atom stereocenters. The quantitative estimate of drug-likeness (QED) is 0.363. The number of ketones is 1. The van der Waals surface area contributed by atoms with E-state index in [-0.39, 0.29) is 5.41 Å². The van der Waals surface area contributed by atoms with Crippen LogP contribution in [0.5, 0.6) is 17.2 Å². The number of benzene rings is 2. The molecule has 4 nitrogen and oxygen atoms in total. The minimum absolute atomic E-state index is 0.0631. The van der Waals surface area contributed by atoms with Crippen molar-refractivity contribution in [3.63, 3.8) is 0 Å². The van der Waals surface area contributed by atoms with Crippen molar-refractivity contribution in [2.45, 2.75) is 59.0 Å². The standard InChI is InChI=1S/C30H36O4/c1-3-32-27-11-7-22(16-28(27)33-4-2)20-34-26-9-5-21(6-10-26)8-12-29(31)30-17-23-13-24(18-30)15-25(14-23)19-30/h5-12,16,23-25H,3-4,13-15,17-20H2,1-2H3/b12-8+. The van der Waals surface area contributed by atoms with Crippen LogP contribution in [-0.4, -0.2) is 19.0 Å². The van der Waals surface area contributed by atoms with Gasteiger partial charge in [0.25, 0.3) is 0 Å². The molecule has 0 N–H and O–H groups in total. The molecule has 0 radical (unpaired) electrons. The Morgan fingerprint density at radius 2 is 1.47 bits per heavy atom. The molecular weight excluding hydrogens is 424 g/mol. The van der Waals surface area contributed by atoms with Crippen LogP contribution in [0.15, 0.2) is 48.5 Å². The van der Waals surface area contributed by atoms with Crippen molar-refractivity contribution in [3.8, 4) is 17.2 Å². The summed E-state index contributed by atoms with van der Waals surface area (Å²) < 4.78 is 17.3. The lowest BCUT2D eigenvalue weighted by atomic mass is 9.48. The van der Waals surface area contributed by atoms with Crippen LogP contribution in [-0.2, 0) is 11.4 Å². The Kier molecular flexibility index (Phi) is 6.67. The van der Waals surface area contributed by atoms with Crippen LogP contribution in [0.2, 0.25) is 0 Å². The zero-order valence-electron chi connectivity index (χ0n) is 20.4. The van der Waals surface area contributed by atoms with Gasteiger partial charge in [0.05, 0.1) is 13.2 Å². The van der Waals surface area contributed by atoms with Gasteiger partial charge in [0.15, 0.2) is 17.3 Å². The van der Waals surface area contributed by atoms with E-state index in [1.54, 1.807) is 0 Å². The summed E-state index contributed by atoms with van der Waals surface area (Å²) in [5.74, 6) is 5.03. The van der Waals surface area contributed by atoms with Crippen LogP contribution in [0.4, 0.5) is 0 Å². The first-order valence-electron chi connectivity index (χ1n) is 12.9. The predicted octanol–water partition coefficient (Wildman–Crippen LogP) is 6.86. The molecule has 2 aromatic rings. The maximum Gasteiger partial charge on any atom is 0.161 e. The summed E-state index contributed by atoms with van der Waals surface area (Å²) in [5, 5.41) is 0. The predicted molar refractivity (Wildman–Crippen MR) is 134 cm³/mol. The van der Waals surface area contributed by atoms with Crippen LogP contribution in [0.1, 0.15) is 63.5 Å². The fourth-order valence-corrected chi connectivity index (χ4v) is 6.79. The number of hydrogen-bond acceptors (Lipinski definition) is 4. The van der Waals surface area contributed by atoms with Gasteiger partial charge in [-0.3, -0.25) is 4.79 Å². The summed E-state index contributed by atoms with van der Waals surface area (Å²) in [7, 11) is 0. The third-order valence-corrected chi connectivity index (χ3v) is 7.88. The lowest BCUT2D eigenvalue weighted by Gasteiger charge is -2.55. The lowest BCUT2D eigenvalue weighted by molar-refractivity contribution is -0.138. The van der Waals surface area contributed by atoms with Gasteiger partial charge in [-0.2, -0.15) is 0 Å². The Hall–Kier alpha value is -2.75. The maximum atomic E-state index is 13.2. The highest BCUT2D eigenvalue weighted by Gasteiger charge is 2.53. The molecule has 4 bridgehead atoms. The van der Waals surface area contributed by atoms with Crippen molar-refractivity contribution in [2.24, 2.45) is 23.2 Å². The fraction of sp³-hybridized carbons (Fsp3) is 0.500.